The van der Waals surface area contributed by atoms with Crippen LogP contribution in [0.5, 0.6) is 23.0 Å². The van der Waals surface area contributed by atoms with Gasteiger partial charge in [-0.1, -0.05) is 5.16 Å². The molecule has 5 rings (SSSR count). The first-order valence-electron chi connectivity index (χ1n) is 13.1. The lowest BCUT2D eigenvalue weighted by Gasteiger charge is -2.40. The Labute approximate surface area is 228 Å². The molecule has 1 aliphatic heterocycles. The number of hydrogen-bond acceptors (Lipinski definition) is 8. The monoisotopic (exact) mass is 556 g/mol. The average Bonchev–Trinajstić information content (AvgIpc) is 3.39. The van der Waals surface area contributed by atoms with Crippen LogP contribution in [0.2, 0.25) is 0 Å². The predicted octanol–water partition coefficient (Wildman–Crippen LogP) is 4.42. The maximum Gasteiger partial charge on any atom is 0.290 e. The summed E-state index contributed by atoms with van der Waals surface area (Å²) in [5, 5.41) is 27.4. The highest BCUT2D eigenvalue weighted by Crippen LogP contribution is 2.42. The number of aromatic hydroxyl groups is 2. The molecule has 2 aliphatic rings. The molecule has 1 saturated heterocycles. The normalized spacial score (nSPS) is 18.4. The molecule has 5 N–H and O–H groups in total. The molecule has 3 aromatic rings. The fourth-order valence-corrected chi connectivity index (χ4v) is 5.29. The number of benzene rings is 2. The number of amides is 2. The van der Waals surface area contributed by atoms with Crippen LogP contribution in [0.1, 0.15) is 59.4 Å². The Kier molecular flexibility index (Phi) is 7.61. The van der Waals surface area contributed by atoms with Crippen LogP contribution in [0, 0.1) is 0 Å². The summed E-state index contributed by atoms with van der Waals surface area (Å²) in [6.07, 6.45) is 2.19. The van der Waals surface area contributed by atoms with E-state index in [4.69, 9.17) is 15.0 Å². The molecule has 1 aromatic heterocycles. The lowest BCUT2D eigenvalue weighted by molar-refractivity contribution is -0.0560. The van der Waals surface area contributed by atoms with Crippen LogP contribution in [0.15, 0.2) is 47.0 Å². The van der Waals surface area contributed by atoms with Gasteiger partial charge in [0.1, 0.15) is 28.7 Å². The van der Waals surface area contributed by atoms with Gasteiger partial charge in [-0.2, -0.15) is 0 Å². The maximum absolute atomic E-state index is 13.5. The van der Waals surface area contributed by atoms with Gasteiger partial charge in [0.25, 0.3) is 5.91 Å². The zero-order valence-electron chi connectivity index (χ0n) is 21.6. The van der Waals surface area contributed by atoms with E-state index in [0.29, 0.717) is 44.5 Å². The number of primary amides is 1. The summed E-state index contributed by atoms with van der Waals surface area (Å²) in [7, 11) is 0. The van der Waals surface area contributed by atoms with Gasteiger partial charge in [-0.3, -0.25) is 9.59 Å². The zero-order valence-corrected chi connectivity index (χ0v) is 21.6. The number of nitrogens with two attached hydrogens (primary N) is 1. The number of aromatic nitrogens is 1. The molecule has 10 nitrogen and oxygen atoms in total. The third-order valence-corrected chi connectivity index (χ3v) is 7.49. The molecule has 212 valence electrons. The molecule has 1 saturated carbocycles. The van der Waals surface area contributed by atoms with E-state index in [0.717, 1.165) is 6.07 Å². The van der Waals surface area contributed by atoms with Crippen molar-refractivity contribution in [2.24, 2.45) is 5.73 Å². The van der Waals surface area contributed by atoms with E-state index < -0.39 is 17.7 Å². The highest BCUT2D eigenvalue weighted by Gasteiger charge is 2.38. The number of carbonyl (C=O) groups excluding carboxylic acids is 2. The molecular formula is C28H30F2N4O6. The number of nitrogens with one attached hydrogen (secondary N) is 1. The van der Waals surface area contributed by atoms with Gasteiger partial charge in [0.2, 0.25) is 17.6 Å². The van der Waals surface area contributed by atoms with Crippen molar-refractivity contribution in [3.05, 3.63) is 53.8 Å². The van der Waals surface area contributed by atoms with Crippen LogP contribution in [0.4, 0.5) is 8.78 Å². The smallest absolute Gasteiger partial charge is 0.290 e. The maximum atomic E-state index is 13.5. The van der Waals surface area contributed by atoms with Gasteiger partial charge in [0.05, 0.1) is 5.56 Å². The van der Waals surface area contributed by atoms with E-state index in [2.05, 4.69) is 15.4 Å². The Morgan fingerprint density at radius 3 is 2.38 bits per heavy atom. The van der Waals surface area contributed by atoms with Crippen molar-refractivity contribution in [2.75, 3.05) is 13.1 Å². The largest absolute Gasteiger partial charge is 0.508 e. The first kappa shape index (κ1) is 27.4. The first-order valence-corrected chi connectivity index (χ1v) is 13.1. The summed E-state index contributed by atoms with van der Waals surface area (Å²) in [6.45, 7) is 1.43. The van der Waals surface area contributed by atoms with E-state index in [1.807, 2.05) is 0 Å². The third-order valence-electron chi connectivity index (χ3n) is 7.49. The minimum absolute atomic E-state index is 0.0393. The molecule has 0 atom stereocenters. The number of nitrogens with zero attached hydrogens (tertiary/aromatic N) is 2. The molecule has 12 heteroatoms. The van der Waals surface area contributed by atoms with Crippen LogP contribution in [0.25, 0.3) is 11.3 Å². The van der Waals surface area contributed by atoms with Gasteiger partial charge >= 0.3 is 0 Å². The van der Waals surface area contributed by atoms with Crippen LogP contribution in [-0.2, 0) is 0 Å². The van der Waals surface area contributed by atoms with Gasteiger partial charge in [-0.05, 0) is 49.9 Å². The number of piperidine rings is 1. The van der Waals surface area contributed by atoms with Crippen LogP contribution >= 0.6 is 0 Å². The van der Waals surface area contributed by atoms with E-state index in [1.165, 1.54) is 36.4 Å². The number of phenols is 2. The number of hydrogen-bond donors (Lipinski definition) is 4. The summed E-state index contributed by atoms with van der Waals surface area (Å²) < 4.78 is 38.1. The van der Waals surface area contributed by atoms with Crippen molar-refractivity contribution in [1.82, 2.24) is 15.4 Å². The van der Waals surface area contributed by atoms with Crippen molar-refractivity contribution < 1.29 is 37.8 Å². The van der Waals surface area contributed by atoms with Crippen molar-refractivity contribution in [1.29, 1.82) is 0 Å². The van der Waals surface area contributed by atoms with Crippen molar-refractivity contribution >= 4 is 11.8 Å². The molecule has 2 aromatic carbocycles. The standard InChI is InChI=1S/C28H30F2N4O6/c29-28(30)9-5-18(6-10-28)34-11-7-17(8-12-34)32-27(38)24-15-21(33-40-24)25-22(36)13-19(35)14-23(25)39-20-3-1-16(2-4-20)26(31)37/h1-4,13-15,17-18,35-36H,5-12H2,(H2,31,37)(H,32,38). The lowest BCUT2D eigenvalue weighted by atomic mass is 9.89. The van der Waals surface area contributed by atoms with Gasteiger partial charge < -0.3 is 35.4 Å². The topological polar surface area (TPSA) is 151 Å². The van der Waals surface area contributed by atoms with E-state index in [9.17, 15) is 28.6 Å². The predicted molar refractivity (Wildman–Crippen MR) is 140 cm³/mol. The Balaban J connectivity index is 1.23. The number of carbonyl (C=O) groups is 2. The van der Waals surface area contributed by atoms with Gasteiger partial charge in [0, 0.05) is 61.8 Å². The SMILES string of the molecule is NC(=O)c1ccc(Oc2cc(O)cc(O)c2-c2cc(C(=O)NC3CCN(C4CCC(F)(F)CC4)CC3)on2)cc1. The molecule has 1 aliphatic carbocycles. The number of likely N-dealkylation sites (tertiary alicyclic amines) is 1. The van der Waals surface area contributed by atoms with E-state index >= 15 is 0 Å². The van der Waals surface area contributed by atoms with Gasteiger partial charge in [0.15, 0.2) is 0 Å². The van der Waals surface area contributed by atoms with Crippen molar-refractivity contribution in [3.8, 4) is 34.3 Å². The number of rotatable bonds is 7. The second-order valence-electron chi connectivity index (χ2n) is 10.3. The van der Waals surface area contributed by atoms with Crippen molar-refractivity contribution in [3.63, 3.8) is 0 Å². The van der Waals surface area contributed by atoms with Gasteiger partial charge in [-0.15, -0.1) is 0 Å². The summed E-state index contributed by atoms with van der Waals surface area (Å²) in [4.78, 5) is 26.5. The molecule has 0 bridgehead atoms. The van der Waals surface area contributed by atoms with E-state index in [1.54, 1.807) is 0 Å². The third kappa shape index (κ3) is 6.17. The number of phenolic OH excluding ortho intramolecular Hbond substituents is 2. The molecule has 0 spiro atoms. The molecule has 2 fully saturated rings. The summed E-state index contributed by atoms with van der Waals surface area (Å²) in [6, 6.07) is 9.73. The minimum atomic E-state index is -2.56. The zero-order chi connectivity index (χ0) is 28.4. The Bertz CT molecular complexity index is 1380. The second kappa shape index (κ2) is 11.1. The summed E-state index contributed by atoms with van der Waals surface area (Å²) in [5.41, 5.74) is 5.74. The Hall–Kier alpha value is -4.19. The molecular weight excluding hydrogens is 526 g/mol. The van der Waals surface area contributed by atoms with Gasteiger partial charge in [-0.25, -0.2) is 8.78 Å². The first-order chi connectivity index (χ1) is 19.1. The second-order valence-corrected chi connectivity index (χ2v) is 10.3. The van der Waals surface area contributed by atoms with Crippen LogP contribution in [-0.4, -0.2) is 63.2 Å². The highest BCUT2D eigenvalue weighted by atomic mass is 19.3. The fraction of sp³-hybridized carbons (Fsp3) is 0.393. The quantitative estimate of drug-likeness (QED) is 0.334. The highest BCUT2D eigenvalue weighted by molar-refractivity contribution is 5.93. The molecule has 40 heavy (non-hydrogen) atoms. The molecule has 0 radical (unpaired) electrons. The minimum Gasteiger partial charge on any atom is -0.508 e. The molecule has 2 amide bonds. The van der Waals surface area contributed by atoms with E-state index in [-0.39, 0.29) is 64.8 Å². The summed E-state index contributed by atoms with van der Waals surface area (Å²) in [5.74, 6) is -3.98. The Morgan fingerprint density at radius 1 is 1.05 bits per heavy atom. The van der Waals surface area contributed by atoms with Crippen molar-refractivity contribution in [2.45, 2.75) is 56.5 Å². The Morgan fingerprint density at radius 2 is 1.73 bits per heavy atom. The molecule has 0 unspecified atom stereocenters. The number of ether oxygens (including phenoxy) is 1. The molecule has 2 heterocycles. The number of halogens is 2. The van der Waals surface area contributed by atoms with Crippen LogP contribution < -0.4 is 15.8 Å². The van der Waals surface area contributed by atoms with Crippen LogP contribution in [0.3, 0.4) is 0 Å². The number of alkyl halides is 2. The average molecular weight is 557 g/mol. The lowest BCUT2D eigenvalue weighted by Crippen LogP contribution is -2.49. The fourth-order valence-electron chi connectivity index (χ4n) is 5.29. The summed E-state index contributed by atoms with van der Waals surface area (Å²) >= 11 is 0.